The molecule has 0 aliphatic rings. The van der Waals surface area contributed by atoms with Gasteiger partial charge in [-0.15, -0.1) is 11.3 Å². The summed E-state index contributed by atoms with van der Waals surface area (Å²) in [4.78, 5) is 23.2. The highest BCUT2D eigenvalue weighted by molar-refractivity contribution is 7.25. The second kappa shape index (κ2) is 5.97. The number of thiophene rings is 1. The first-order chi connectivity index (χ1) is 12.1. The van der Waals surface area contributed by atoms with Gasteiger partial charge in [0, 0.05) is 18.4 Å². The average Bonchev–Trinajstić information content (AvgIpc) is 2.97. The molecule has 3 aromatic heterocycles. The summed E-state index contributed by atoms with van der Waals surface area (Å²) < 4.78 is 2.31. The summed E-state index contributed by atoms with van der Waals surface area (Å²) in [5.41, 5.74) is 3.65. The summed E-state index contributed by atoms with van der Waals surface area (Å²) >= 11 is 1.40. The van der Waals surface area contributed by atoms with E-state index in [-0.39, 0.29) is 5.56 Å². The van der Waals surface area contributed by atoms with Gasteiger partial charge in [-0.3, -0.25) is 9.36 Å². The maximum absolute atomic E-state index is 13.2. The second-order valence-electron chi connectivity index (χ2n) is 5.98. The van der Waals surface area contributed by atoms with Crippen LogP contribution in [-0.4, -0.2) is 21.1 Å². The van der Waals surface area contributed by atoms with Crippen molar-refractivity contribution in [2.24, 2.45) is 0 Å². The molecule has 0 aliphatic carbocycles. The van der Waals surface area contributed by atoms with Crippen molar-refractivity contribution in [3.8, 4) is 5.69 Å². The summed E-state index contributed by atoms with van der Waals surface area (Å²) in [5, 5.41) is 4.27. The van der Waals surface area contributed by atoms with Gasteiger partial charge in [0.1, 0.15) is 20.9 Å². The molecule has 3 heterocycles. The number of aryl methyl sites for hydroxylation is 2. The maximum Gasteiger partial charge on any atom is 0.276 e. The third-order valence-corrected chi connectivity index (χ3v) is 5.30. The molecule has 4 rings (SSSR count). The average molecular weight is 350 g/mol. The highest BCUT2D eigenvalue weighted by atomic mass is 32.1. The Hall–Kier alpha value is -2.73. The molecule has 1 N–H and O–H groups in total. The van der Waals surface area contributed by atoms with Crippen molar-refractivity contribution in [1.29, 1.82) is 0 Å². The van der Waals surface area contributed by atoms with Crippen molar-refractivity contribution < 1.29 is 0 Å². The molecule has 1 aromatic carbocycles. The van der Waals surface area contributed by atoms with Crippen LogP contribution in [0.2, 0.25) is 0 Å². The molecule has 25 heavy (non-hydrogen) atoms. The van der Waals surface area contributed by atoms with E-state index in [2.05, 4.69) is 10.3 Å². The SMILES string of the molecule is CCNc1ccnc2sc3c(=O)n(-c4ccc(C)cc4)c(C)nc3c12. The van der Waals surface area contributed by atoms with Gasteiger partial charge < -0.3 is 5.32 Å². The first kappa shape index (κ1) is 15.8. The quantitative estimate of drug-likeness (QED) is 0.606. The van der Waals surface area contributed by atoms with Gasteiger partial charge in [-0.2, -0.15) is 0 Å². The number of benzene rings is 1. The van der Waals surface area contributed by atoms with Crippen LogP contribution in [0.15, 0.2) is 41.3 Å². The van der Waals surface area contributed by atoms with E-state index in [0.717, 1.165) is 39.2 Å². The zero-order valence-corrected chi connectivity index (χ0v) is 15.1. The molecule has 0 bridgehead atoms. The second-order valence-corrected chi connectivity index (χ2v) is 6.98. The number of pyridine rings is 1. The van der Waals surface area contributed by atoms with Crippen molar-refractivity contribution in [1.82, 2.24) is 14.5 Å². The van der Waals surface area contributed by atoms with E-state index in [0.29, 0.717) is 10.5 Å². The van der Waals surface area contributed by atoms with Crippen LogP contribution in [0.5, 0.6) is 0 Å². The molecule has 0 unspecified atom stereocenters. The molecular formula is C19H18N4OS. The summed E-state index contributed by atoms with van der Waals surface area (Å²) in [6.07, 6.45) is 1.76. The molecule has 0 saturated heterocycles. The van der Waals surface area contributed by atoms with Crippen LogP contribution in [-0.2, 0) is 0 Å². The van der Waals surface area contributed by atoms with Crippen molar-refractivity contribution in [3.63, 3.8) is 0 Å². The highest BCUT2D eigenvalue weighted by Gasteiger charge is 2.17. The zero-order chi connectivity index (χ0) is 17.6. The van der Waals surface area contributed by atoms with E-state index in [1.54, 1.807) is 10.8 Å². The molecule has 0 amide bonds. The van der Waals surface area contributed by atoms with Gasteiger partial charge in [0.25, 0.3) is 5.56 Å². The number of nitrogens with one attached hydrogen (secondary N) is 1. The zero-order valence-electron chi connectivity index (χ0n) is 14.3. The fraction of sp³-hybridized carbons (Fsp3) is 0.211. The summed E-state index contributed by atoms with van der Waals surface area (Å²) in [5.74, 6) is 0.673. The van der Waals surface area contributed by atoms with Crippen LogP contribution in [0.3, 0.4) is 0 Å². The predicted molar refractivity (Wildman–Crippen MR) is 104 cm³/mol. The van der Waals surface area contributed by atoms with Gasteiger partial charge in [-0.25, -0.2) is 9.97 Å². The maximum atomic E-state index is 13.2. The lowest BCUT2D eigenvalue weighted by atomic mass is 10.2. The summed E-state index contributed by atoms with van der Waals surface area (Å²) in [6, 6.07) is 9.84. The molecule has 0 saturated carbocycles. The Morgan fingerprint density at radius 1 is 1.16 bits per heavy atom. The topological polar surface area (TPSA) is 59.8 Å². The number of aromatic nitrogens is 3. The van der Waals surface area contributed by atoms with Crippen molar-refractivity contribution in [3.05, 3.63) is 58.3 Å². The Morgan fingerprint density at radius 3 is 2.64 bits per heavy atom. The highest BCUT2D eigenvalue weighted by Crippen LogP contribution is 2.34. The molecule has 0 radical (unpaired) electrons. The number of hydrogen-bond acceptors (Lipinski definition) is 5. The smallest absolute Gasteiger partial charge is 0.276 e. The van der Waals surface area contributed by atoms with E-state index in [9.17, 15) is 4.79 Å². The lowest BCUT2D eigenvalue weighted by Gasteiger charge is -2.10. The van der Waals surface area contributed by atoms with Crippen molar-refractivity contribution in [2.45, 2.75) is 20.8 Å². The van der Waals surface area contributed by atoms with Gasteiger partial charge >= 0.3 is 0 Å². The van der Waals surface area contributed by atoms with Crippen LogP contribution in [0, 0.1) is 13.8 Å². The standard InChI is InChI=1S/C19H18N4OS/c1-4-20-14-9-10-21-18-15(14)16-17(25-18)19(24)23(12(3)22-16)13-7-5-11(2)6-8-13/h5-10H,4H2,1-3H3,(H,20,21). The lowest BCUT2D eigenvalue weighted by molar-refractivity contribution is 0.898. The Labute approximate surface area is 149 Å². The van der Waals surface area contributed by atoms with Gasteiger partial charge in [0.15, 0.2) is 0 Å². The molecule has 5 nitrogen and oxygen atoms in total. The van der Waals surface area contributed by atoms with Gasteiger partial charge in [0.2, 0.25) is 0 Å². The molecule has 0 spiro atoms. The van der Waals surface area contributed by atoms with Gasteiger partial charge in [0.05, 0.1) is 11.1 Å². The Kier molecular flexibility index (Phi) is 3.77. The van der Waals surface area contributed by atoms with E-state index in [1.807, 2.05) is 51.1 Å². The number of rotatable bonds is 3. The molecule has 126 valence electrons. The normalized spacial score (nSPS) is 11.3. The number of fused-ring (bicyclic) bond motifs is 3. The monoisotopic (exact) mass is 350 g/mol. The minimum Gasteiger partial charge on any atom is -0.385 e. The van der Waals surface area contributed by atoms with Crippen LogP contribution in [0.4, 0.5) is 5.69 Å². The Morgan fingerprint density at radius 2 is 1.92 bits per heavy atom. The van der Waals surface area contributed by atoms with Crippen LogP contribution < -0.4 is 10.9 Å². The molecular weight excluding hydrogens is 332 g/mol. The first-order valence-electron chi connectivity index (χ1n) is 8.22. The van der Waals surface area contributed by atoms with Crippen LogP contribution in [0.1, 0.15) is 18.3 Å². The Balaban J connectivity index is 2.06. The predicted octanol–water partition coefficient (Wildman–Crippen LogP) is 4.04. The molecule has 0 aliphatic heterocycles. The van der Waals surface area contributed by atoms with E-state index < -0.39 is 0 Å². The van der Waals surface area contributed by atoms with Crippen molar-refractivity contribution >= 4 is 37.5 Å². The number of hydrogen-bond donors (Lipinski definition) is 1. The molecule has 6 heteroatoms. The third kappa shape index (κ3) is 2.49. The largest absolute Gasteiger partial charge is 0.385 e. The summed E-state index contributed by atoms with van der Waals surface area (Å²) in [7, 11) is 0. The van der Waals surface area contributed by atoms with Gasteiger partial charge in [-0.05, 0) is 39.0 Å². The third-order valence-electron chi connectivity index (χ3n) is 4.22. The summed E-state index contributed by atoms with van der Waals surface area (Å²) in [6.45, 7) is 6.74. The molecule has 4 aromatic rings. The van der Waals surface area contributed by atoms with E-state index in [1.165, 1.54) is 11.3 Å². The Bertz CT molecular complexity index is 1140. The minimum atomic E-state index is -0.0446. The molecule has 0 fully saturated rings. The lowest BCUT2D eigenvalue weighted by Crippen LogP contribution is -2.21. The van der Waals surface area contributed by atoms with E-state index >= 15 is 0 Å². The number of anilines is 1. The van der Waals surface area contributed by atoms with Gasteiger partial charge in [-0.1, -0.05) is 17.7 Å². The van der Waals surface area contributed by atoms with E-state index in [4.69, 9.17) is 4.98 Å². The minimum absolute atomic E-state index is 0.0446. The molecule has 0 atom stereocenters. The fourth-order valence-electron chi connectivity index (χ4n) is 3.05. The number of nitrogens with zero attached hydrogens (tertiary/aromatic N) is 3. The fourth-order valence-corrected chi connectivity index (χ4v) is 4.09. The first-order valence-corrected chi connectivity index (χ1v) is 9.03. The van der Waals surface area contributed by atoms with Crippen LogP contribution >= 0.6 is 11.3 Å². The van der Waals surface area contributed by atoms with Crippen molar-refractivity contribution in [2.75, 3.05) is 11.9 Å². The van der Waals surface area contributed by atoms with Crippen LogP contribution in [0.25, 0.3) is 26.1 Å².